The highest BCUT2D eigenvalue weighted by atomic mass is 16.5. The van der Waals surface area contributed by atoms with Gasteiger partial charge in [0.2, 0.25) is 6.17 Å². The second kappa shape index (κ2) is 12.4. The van der Waals surface area contributed by atoms with Crippen LogP contribution in [0.1, 0.15) is 27.0 Å². The van der Waals surface area contributed by atoms with E-state index in [9.17, 15) is 14.4 Å². The van der Waals surface area contributed by atoms with Gasteiger partial charge in [0, 0.05) is 22.8 Å². The van der Waals surface area contributed by atoms with Gasteiger partial charge in [0.05, 0.1) is 37.9 Å². The predicted molar refractivity (Wildman–Crippen MR) is 162 cm³/mol. The van der Waals surface area contributed by atoms with Crippen LogP contribution in [0.5, 0.6) is 11.5 Å². The lowest BCUT2D eigenvalue weighted by atomic mass is 9.99. The first-order valence-corrected chi connectivity index (χ1v) is 13.3. The lowest BCUT2D eigenvalue weighted by Crippen LogP contribution is -2.50. The molecular formula is C33H30N4O5. The lowest BCUT2D eigenvalue weighted by Gasteiger charge is -2.25. The van der Waals surface area contributed by atoms with Crippen LogP contribution < -0.4 is 25.0 Å². The van der Waals surface area contributed by atoms with Gasteiger partial charge >= 0.3 is 6.03 Å². The molecule has 0 unspecified atom stereocenters. The molecule has 4 aromatic rings. The molecule has 4 aromatic carbocycles. The SMILES string of the molecule is COc1ccc(NC(=O)N[C@H]2N=C(c3ccccc3)c3ccccc3N(CC(=O)c3ccccc3C)C2=O)c(OC)c1. The first-order valence-electron chi connectivity index (χ1n) is 13.3. The number of benzodiazepines with no additional fused rings is 1. The number of amides is 3. The fourth-order valence-corrected chi connectivity index (χ4v) is 4.81. The number of anilines is 2. The minimum atomic E-state index is -1.33. The van der Waals surface area contributed by atoms with E-state index in [0.717, 1.165) is 11.1 Å². The summed E-state index contributed by atoms with van der Waals surface area (Å²) in [4.78, 5) is 47.0. The standard InChI is InChI=1S/C33H30N4O5/c1-21-11-7-8-14-24(21)28(38)20-37-27-16-10-9-15-25(27)30(22-12-5-4-6-13-22)35-31(32(37)39)36-33(40)34-26-18-17-23(41-2)19-29(26)42-3/h4-19,31H,20H2,1-3H3,(H2,34,36,40)/t31-/m1/s1. The predicted octanol–water partition coefficient (Wildman–Crippen LogP) is 5.23. The van der Waals surface area contributed by atoms with E-state index in [-0.39, 0.29) is 12.3 Å². The number of carbonyl (C=O) groups is 3. The van der Waals surface area contributed by atoms with Crippen molar-refractivity contribution in [3.05, 3.63) is 119 Å². The molecule has 0 saturated heterocycles. The van der Waals surface area contributed by atoms with E-state index in [1.807, 2.05) is 61.5 Å². The summed E-state index contributed by atoms with van der Waals surface area (Å²) in [5.74, 6) is 0.154. The van der Waals surface area contributed by atoms with Crippen LogP contribution in [0.25, 0.3) is 0 Å². The lowest BCUT2D eigenvalue weighted by molar-refractivity contribution is -0.120. The topological polar surface area (TPSA) is 109 Å². The van der Waals surface area contributed by atoms with E-state index in [4.69, 9.17) is 14.5 Å². The average Bonchev–Trinajstić information content (AvgIpc) is 3.12. The number of benzene rings is 4. The number of para-hydroxylation sites is 1. The number of hydrogen-bond donors (Lipinski definition) is 2. The number of nitrogens with one attached hydrogen (secondary N) is 2. The zero-order valence-corrected chi connectivity index (χ0v) is 23.5. The van der Waals surface area contributed by atoms with Gasteiger partial charge in [0.25, 0.3) is 5.91 Å². The highest BCUT2D eigenvalue weighted by Gasteiger charge is 2.34. The highest BCUT2D eigenvalue weighted by Crippen LogP contribution is 2.30. The molecule has 0 saturated carbocycles. The number of urea groups is 1. The third-order valence-corrected chi connectivity index (χ3v) is 6.93. The molecule has 42 heavy (non-hydrogen) atoms. The Balaban J connectivity index is 1.53. The van der Waals surface area contributed by atoms with Crippen LogP contribution in [-0.4, -0.2) is 50.4 Å². The Morgan fingerprint density at radius 3 is 2.33 bits per heavy atom. The number of fused-ring (bicyclic) bond motifs is 1. The summed E-state index contributed by atoms with van der Waals surface area (Å²) in [6, 6.07) is 28.2. The van der Waals surface area contributed by atoms with Crippen LogP contribution in [0.2, 0.25) is 0 Å². The molecular weight excluding hydrogens is 532 g/mol. The van der Waals surface area contributed by atoms with Crippen LogP contribution in [-0.2, 0) is 4.79 Å². The average molecular weight is 563 g/mol. The summed E-state index contributed by atoms with van der Waals surface area (Å²) in [7, 11) is 3.01. The molecule has 9 heteroatoms. The van der Waals surface area contributed by atoms with Gasteiger partial charge in [0.1, 0.15) is 11.5 Å². The van der Waals surface area contributed by atoms with E-state index in [1.165, 1.54) is 19.1 Å². The van der Waals surface area contributed by atoms with Crippen LogP contribution in [0, 0.1) is 6.92 Å². The summed E-state index contributed by atoms with van der Waals surface area (Å²) >= 11 is 0. The minimum absolute atomic E-state index is 0.231. The molecule has 0 radical (unpaired) electrons. The van der Waals surface area contributed by atoms with Gasteiger partial charge in [0.15, 0.2) is 5.78 Å². The number of aliphatic imine (C=N–C) groups is 1. The summed E-state index contributed by atoms with van der Waals surface area (Å²) in [5.41, 5.74) is 4.15. The van der Waals surface area contributed by atoms with Crippen molar-refractivity contribution in [2.45, 2.75) is 13.1 Å². The molecule has 3 amide bonds. The van der Waals surface area contributed by atoms with E-state index in [0.29, 0.717) is 39.7 Å². The van der Waals surface area contributed by atoms with Crippen LogP contribution in [0.4, 0.5) is 16.2 Å². The van der Waals surface area contributed by atoms with Gasteiger partial charge < -0.3 is 25.0 Å². The number of Topliss-reactive ketones (excluding diaryl/α,β-unsaturated/α-hetero) is 1. The van der Waals surface area contributed by atoms with Crippen molar-refractivity contribution in [3.63, 3.8) is 0 Å². The Hall–Kier alpha value is -5.44. The maximum atomic E-state index is 14.1. The number of aryl methyl sites for hydroxylation is 1. The van der Waals surface area contributed by atoms with Crippen LogP contribution in [0.3, 0.4) is 0 Å². The normalized spacial score (nSPS) is 14.3. The fourth-order valence-electron chi connectivity index (χ4n) is 4.81. The van der Waals surface area contributed by atoms with Crippen molar-refractivity contribution in [2.75, 3.05) is 31.0 Å². The third kappa shape index (κ3) is 5.85. The molecule has 1 aliphatic rings. The summed E-state index contributed by atoms with van der Waals surface area (Å²) < 4.78 is 10.6. The van der Waals surface area contributed by atoms with E-state index in [1.54, 1.807) is 42.5 Å². The van der Waals surface area contributed by atoms with Gasteiger partial charge in [-0.05, 0) is 30.7 Å². The number of ketones is 1. The smallest absolute Gasteiger partial charge is 0.321 e. The third-order valence-electron chi connectivity index (χ3n) is 6.93. The van der Waals surface area contributed by atoms with Crippen molar-refractivity contribution < 1.29 is 23.9 Å². The highest BCUT2D eigenvalue weighted by molar-refractivity contribution is 6.21. The van der Waals surface area contributed by atoms with Crippen molar-refractivity contribution in [2.24, 2.45) is 4.99 Å². The van der Waals surface area contributed by atoms with Gasteiger partial charge in [-0.15, -0.1) is 0 Å². The molecule has 2 N–H and O–H groups in total. The first kappa shape index (κ1) is 28.1. The molecule has 1 heterocycles. The second-order valence-corrected chi connectivity index (χ2v) is 9.59. The molecule has 212 valence electrons. The first-order chi connectivity index (χ1) is 20.4. The molecule has 0 spiro atoms. The fraction of sp³-hybridized carbons (Fsp3) is 0.152. The van der Waals surface area contributed by atoms with Gasteiger partial charge in [-0.1, -0.05) is 72.8 Å². The van der Waals surface area contributed by atoms with Crippen molar-refractivity contribution >= 4 is 34.8 Å². The Morgan fingerprint density at radius 1 is 0.881 bits per heavy atom. The largest absolute Gasteiger partial charge is 0.497 e. The van der Waals surface area contributed by atoms with Crippen molar-refractivity contribution in [1.29, 1.82) is 0 Å². The van der Waals surface area contributed by atoms with Gasteiger partial charge in [-0.2, -0.15) is 0 Å². The zero-order chi connectivity index (χ0) is 29.6. The molecule has 9 nitrogen and oxygen atoms in total. The number of ether oxygens (including phenoxy) is 2. The number of nitrogens with zero attached hydrogens (tertiary/aromatic N) is 2. The van der Waals surface area contributed by atoms with Crippen LogP contribution >= 0.6 is 0 Å². The Kier molecular flexibility index (Phi) is 8.29. The van der Waals surface area contributed by atoms with E-state index >= 15 is 0 Å². The van der Waals surface area contributed by atoms with E-state index < -0.39 is 18.1 Å². The molecule has 0 aromatic heterocycles. The van der Waals surface area contributed by atoms with Crippen molar-refractivity contribution in [3.8, 4) is 11.5 Å². The number of hydrogen-bond acceptors (Lipinski definition) is 6. The maximum absolute atomic E-state index is 14.1. The Morgan fingerprint density at radius 2 is 1.60 bits per heavy atom. The summed E-state index contributed by atoms with van der Waals surface area (Å²) in [6.07, 6.45) is -1.33. The van der Waals surface area contributed by atoms with E-state index in [2.05, 4.69) is 10.6 Å². The zero-order valence-electron chi connectivity index (χ0n) is 23.5. The second-order valence-electron chi connectivity index (χ2n) is 9.59. The molecule has 0 fully saturated rings. The van der Waals surface area contributed by atoms with Gasteiger partial charge in [-0.3, -0.25) is 9.59 Å². The quantitative estimate of drug-likeness (QED) is 0.286. The Bertz CT molecular complexity index is 1670. The monoisotopic (exact) mass is 562 g/mol. The molecule has 1 aliphatic heterocycles. The molecule has 0 aliphatic carbocycles. The van der Waals surface area contributed by atoms with Crippen LogP contribution in [0.15, 0.2) is 102 Å². The summed E-state index contributed by atoms with van der Waals surface area (Å²) in [6.45, 7) is 1.62. The van der Waals surface area contributed by atoms with Gasteiger partial charge in [-0.25, -0.2) is 9.79 Å². The maximum Gasteiger partial charge on any atom is 0.321 e. The number of methoxy groups -OCH3 is 2. The number of carbonyl (C=O) groups excluding carboxylic acids is 3. The number of rotatable bonds is 8. The molecule has 0 bridgehead atoms. The Labute approximate surface area is 243 Å². The molecule has 1 atom stereocenters. The summed E-state index contributed by atoms with van der Waals surface area (Å²) in [5, 5.41) is 5.43. The molecule has 5 rings (SSSR count). The minimum Gasteiger partial charge on any atom is -0.497 e. The van der Waals surface area contributed by atoms with Crippen molar-refractivity contribution in [1.82, 2.24) is 5.32 Å².